The van der Waals surface area contributed by atoms with Gasteiger partial charge in [0.05, 0.1) is 6.61 Å². The van der Waals surface area contributed by atoms with Gasteiger partial charge in [0.15, 0.2) is 6.29 Å². The molecule has 2 saturated heterocycles. The fourth-order valence-electron chi connectivity index (χ4n) is 2.27. The van der Waals surface area contributed by atoms with Crippen LogP contribution in [0.4, 0.5) is 0 Å². The van der Waals surface area contributed by atoms with Gasteiger partial charge >= 0.3 is 0 Å². The highest BCUT2D eigenvalue weighted by atomic mass is 16.9. The van der Waals surface area contributed by atoms with Gasteiger partial charge in [-0.25, -0.2) is 0 Å². The Bertz CT molecular complexity index is 260. The van der Waals surface area contributed by atoms with Crippen LogP contribution in [0.25, 0.3) is 0 Å². The molecule has 0 spiro atoms. The molecule has 2 aliphatic heterocycles. The summed E-state index contributed by atoms with van der Waals surface area (Å²) in [5, 5.41) is 0. The van der Waals surface area contributed by atoms with Crippen LogP contribution >= 0.6 is 0 Å². The third-order valence-corrected chi connectivity index (χ3v) is 3.05. The third-order valence-electron chi connectivity index (χ3n) is 3.05. The summed E-state index contributed by atoms with van der Waals surface area (Å²) in [4.78, 5) is 0. The molecule has 0 amide bonds. The van der Waals surface area contributed by atoms with Crippen LogP contribution in [-0.2, 0) is 28.4 Å². The van der Waals surface area contributed by atoms with Crippen molar-refractivity contribution in [2.45, 2.75) is 44.4 Å². The molecule has 0 aromatic carbocycles. The van der Waals surface area contributed by atoms with E-state index in [1.165, 1.54) is 0 Å². The molecule has 0 N–H and O–H groups in total. The molecule has 0 aliphatic carbocycles. The maximum absolute atomic E-state index is 5.75. The number of ether oxygens (including phenoxy) is 6. The quantitative estimate of drug-likeness (QED) is 0.722. The molecule has 0 aromatic heterocycles. The lowest BCUT2D eigenvalue weighted by Gasteiger charge is -2.35. The van der Waals surface area contributed by atoms with Gasteiger partial charge in [0.1, 0.15) is 18.3 Å². The first-order valence-corrected chi connectivity index (χ1v) is 5.80. The van der Waals surface area contributed by atoms with Crippen LogP contribution in [0.5, 0.6) is 0 Å². The van der Waals surface area contributed by atoms with Crippen molar-refractivity contribution in [3.05, 3.63) is 0 Å². The van der Waals surface area contributed by atoms with Crippen molar-refractivity contribution in [1.29, 1.82) is 0 Å². The van der Waals surface area contributed by atoms with Crippen molar-refractivity contribution in [2.75, 3.05) is 27.4 Å². The molecule has 6 heteroatoms. The Morgan fingerprint density at radius 3 is 2.59 bits per heavy atom. The van der Waals surface area contributed by atoms with E-state index in [4.69, 9.17) is 28.4 Å². The smallest absolute Gasteiger partial charge is 0.282 e. The zero-order chi connectivity index (χ0) is 12.5. The van der Waals surface area contributed by atoms with Gasteiger partial charge < -0.3 is 23.7 Å². The summed E-state index contributed by atoms with van der Waals surface area (Å²) < 4.78 is 33.1. The maximum Gasteiger partial charge on any atom is 0.282 e. The minimum Gasteiger partial charge on any atom is -0.376 e. The van der Waals surface area contributed by atoms with Crippen LogP contribution in [0.15, 0.2) is 0 Å². The van der Waals surface area contributed by atoms with Crippen molar-refractivity contribution in [3.8, 4) is 0 Å². The molecule has 0 aromatic rings. The van der Waals surface area contributed by atoms with Gasteiger partial charge in [0.2, 0.25) is 0 Å². The van der Waals surface area contributed by atoms with Crippen molar-refractivity contribution >= 4 is 0 Å². The van der Waals surface area contributed by atoms with Gasteiger partial charge in [-0.05, 0) is 6.92 Å². The molecule has 5 atom stereocenters. The first-order chi connectivity index (χ1) is 8.13. The van der Waals surface area contributed by atoms with Crippen LogP contribution in [0, 0.1) is 0 Å². The van der Waals surface area contributed by atoms with E-state index in [0.717, 1.165) is 0 Å². The average Bonchev–Trinajstić information content (AvgIpc) is 2.64. The van der Waals surface area contributed by atoms with Crippen molar-refractivity contribution in [3.63, 3.8) is 0 Å². The molecular formula is C11H20O6. The molecule has 17 heavy (non-hydrogen) atoms. The van der Waals surface area contributed by atoms with E-state index in [2.05, 4.69) is 0 Å². The number of fused-ring (bicyclic) bond motifs is 1. The second kappa shape index (κ2) is 5.17. The van der Waals surface area contributed by atoms with E-state index in [9.17, 15) is 0 Å². The highest BCUT2D eigenvalue weighted by Crippen LogP contribution is 2.36. The van der Waals surface area contributed by atoms with Crippen molar-refractivity contribution in [2.24, 2.45) is 0 Å². The normalized spacial score (nSPS) is 45.9. The minimum atomic E-state index is -1.07. The highest BCUT2D eigenvalue weighted by Gasteiger charge is 2.54. The summed E-state index contributed by atoms with van der Waals surface area (Å²) in [5.41, 5.74) is 0. The topological polar surface area (TPSA) is 55.4 Å². The van der Waals surface area contributed by atoms with E-state index in [-0.39, 0.29) is 18.3 Å². The molecule has 100 valence electrons. The Morgan fingerprint density at radius 2 is 2.00 bits per heavy atom. The summed E-state index contributed by atoms with van der Waals surface area (Å²) in [6, 6.07) is 0. The molecule has 2 heterocycles. The van der Waals surface area contributed by atoms with E-state index >= 15 is 0 Å². The maximum atomic E-state index is 5.75. The van der Waals surface area contributed by atoms with Gasteiger partial charge in [-0.2, -0.15) is 0 Å². The van der Waals surface area contributed by atoms with E-state index in [1.54, 1.807) is 21.1 Å². The van der Waals surface area contributed by atoms with E-state index in [0.29, 0.717) is 13.2 Å². The lowest BCUT2D eigenvalue weighted by molar-refractivity contribution is -0.340. The minimum absolute atomic E-state index is 0.158. The predicted octanol–water partition coefficient (Wildman–Crippen LogP) is 0.498. The fourth-order valence-corrected chi connectivity index (χ4v) is 2.27. The Hall–Kier alpha value is -0.240. The van der Waals surface area contributed by atoms with Gasteiger partial charge in [-0.3, -0.25) is 4.74 Å². The number of hydrogen-bond acceptors (Lipinski definition) is 6. The molecule has 0 bridgehead atoms. The van der Waals surface area contributed by atoms with Gasteiger partial charge in [0, 0.05) is 27.8 Å². The van der Waals surface area contributed by atoms with Crippen LogP contribution in [0.3, 0.4) is 0 Å². The van der Waals surface area contributed by atoms with Gasteiger partial charge in [0.25, 0.3) is 5.97 Å². The second-order valence-electron chi connectivity index (χ2n) is 4.17. The summed E-state index contributed by atoms with van der Waals surface area (Å²) in [5.74, 6) is -1.07. The van der Waals surface area contributed by atoms with Crippen molar-refractivity contribution in [1.82, 2.24) is 0 Å². The molecule has 2 fully saturated rings. The monoisotopic (exact) mass is 248 g/mol. The summed E-state index contributed by atoms with van der Waals surface area (Å²) in [6.07, 6.45) is -1.19. The van der Waals surface area contributed by atoms with Crippen LogP contribution in [0.2, 0.25) is 0 Å². The van der Waals surface area contributed by atoms with Crippen LogP contribution in [-0.4, -0.2) is 58.0 Å². The zero-order valence-electron chi connectivity index (χ0n) is 10.7. The first-order valence-electron chi connectivity index (χ1n) is 5.80. The average molecular weight is 248 g/mol. The van der Waals surface area contributed by atoms with Crippen LogP contribution in [0.1, 0.15) is 13.8 Å². The summed E-state index contributed by atoms with van der Waals surface area (Å²) >= 11 is 0. The SMILES string of the molecule is CCOC1(C)OC2OC[C@@H](OC)[C@H](OC)[C@H]2O1. The Morgan fingerprint density at radius 1 is 1.24 bits per heavy atom. The Labute approximate surface area is 101 Å². The molecule has 6 nitrogen and oxygen atoms in total. The Kier molecular flexibility index (Phi) is 4.02. The summed E-state index contributed by atoms with van der Waals surface area (Å²) in [6.45, 7) is 4.53. The second-order valence-corrected chi connectivity index (χ2v) is 4.17. The zero-order valence-corrected chi connectivity index (χ0v) is 10.7. The van der Waals surface area contributed by atoms with E-state index < -0.39 is 12.3 Å². The molecule has 0 radical (unpaired) electrons. The molecule has 2 aliphatic rings. The van der Waals surface area contributed by atoms with E-state index in [1.807, 2.05) is 6.92 Å². The number of rotatable bonds is 4. The molecule has 2 rings (SSSR count). The standard InChI is InChI=1S/C11H20O6/c1-5-15-11(2)16-9-8(13-4)7(12-3)6-14-10(9)17-11/h7-10H,5-6H2,1-4H3/t7-,8+,9-,10?,11?/m1/s1. The first kappa shape index (κ1) is 13.2. The Balaban J connectivity index is 2.08. The molecule has 2 unspecified atom stereocenters. The van der Waals surface area contributed by atoms with Gasteiger partial charge in [-0.1, -0.05) is 0 Å². The molecular weight excluding hydrogens is 228 g/mol. The number of methoxy groups -OCH3 is 2. The third kappa shape index (κ3) is 2.47. The number of hydrogen-bond donors (Lipinski definition) is 0. The largest absolute Gasteiger partial charge is 0.376 e. The highest BCUT2D eigenvalue weighted by molar-refractivity contribution is 4.90. The lowest BCUT2D eigenvalue weighted by atomic mass is 10.1. The lowest BCUT2D eigenvalue weighted by Crippen LogP contribution is -2.53. The fraction of sp³-hybridized carbons (Fsp3) is 1.00. The summed E-state index contributed by atoms with van der Waals surface area (Å²) in [7, 11) is 3.25. The van der Waals surface area contributed by atoms with Gasteiger partial charge in [-0.15, -0.1) is 0 Å². The molecule has 0 saturated carbocycles. The van der Waals surface area contributed by atoms with Crippen LogP contribution < -0.4 is 0 Å². The predicted molar refractivity (Wildman–Crippen MR) is 57.3 cm³/mol. The van der Waals surface area contributed by atoms with Crippen molar-refractivity contribution < 1.29 is 28.4 Å².